The molecule has 0 aliphatic rings. The van der Waals surface area contributed by atoms with Crippen LogP contribution < -0.4 is 9.47 Å². The number of hydrogen-bond donors (Lipinski definition) is 0. The Balaban J connectivity index is 2.80. The molecule has 0 aliphatic heterocycles. The minimum absolute atomic E-state index is 0.0351. The Labute approximate surface area is 256 Å². The second kappa shape index (κ2) is 11.0. The molecule has 2 aromatic rings. The monoisotopic (exact) mass is 562 g/mol. The fourth-order valence-electron chi connectivity index (χ4n) is 4.86. The zero-order valence-corrected chi connectivity index (χ0v) is 30.4. The van der Waals surface area contributed by atoms with Gasteiger partial charge in [-0.15, -0.1) is 0 Å². The van der Waals surface area contributed by atoms with Crippen molar-refractivity contribution in [2.45, 2.75) is 162 Å². The van der Waals surface area contributed by atoms with Gasteiger partial charge in [-0.2, -0.15) is 0 Å². The van der Waals surface area contributed by atoms with Crippen LogP contribution in [-0.4, -0.2) is 21.4 Å². The molecule has 0 atom stereocenters. The molecule has 0 aliphatic carbocycles. The average Bonchev–Trinajstić information content (AvgIpc) is 2.68. The number of benzene rings is 2. The van der Waals surface area contributed by atoms with Crippen molar-refractivity contribution in [3.63, 3.8) is 0 Å². The summed E-state index contributed by atoms with van der Waals surface area (Å²) in [6.07, 6.45) is 0. The van der Waals surface area contributed by atoms with Crippen LogP contribution >= 0.6 is 0 Å². The Kier molecular flexibility index (Phi) is 9.57. The fourth-order valence-corrected chi connectivity index (χ4v) is 5.13. The van der Waals surface area contributed by atoms with Crippen LogP contribution in [-0.2, 0) is 32.5 Å². The maximum atomic E-state index is 6.87. The molecule has 0 fully saturated rings. The standard InChI is InChI=1S/C37H59O2.Al/c1-32(2,3)24-19-26(34(7,8)9)30(27(20-24)35(10,11)12)38-23-39-31-28(36(13,14)15)21-25(33(4,5)6)22-29(31)37(16,17)18;/h19-23H,1-18H3;/q;+2. The SMILES string of the molecule is CC(C)(C)c1cc(C(C)(C)C)c(O[CH]([Al+2])Oc2c(C(C)(C)C)cc(C(C)(C)C)cc2C(C)(C)C)c(C(C)(C)C)c1. The normalized spacial score (nSPS) is 14.1. The number of rotatable bonds is 4. The zero-order valence-electron chi connectivity index (χ0n) is 29.3. The topological polar surface area (TPSA) is 18.5 Å². The first-order valence-corrected chi connectivity index (χ1v) is 15.7. The summed E-state index contributed by atoms with van der Waals surface area (Å²) in [5, 5.41) is -0.551. The van der Waals surface area contributed by atoms with Crippen molar-refractivity contribution in [1.82, 2.24) is 0 Å². The van der Waals surface area contributed by atoms with E-state index in [4.69, 9.17) is 9.47 Å². The summed E-state index contributed by atoms with van der Waals surface area (Å²) in [7, 11) is 0. The molecular weight excluding hydrogens is 503 g/mol. The summed E-state index contributed by atoms with van der Waals surface area (Å²) in [4.78, 5) is 0. The molecule has 0 N–H and O–H groups in total. The van der Waals surface area contributed by atoms with Crippen molar-refractivity contribution in [1.29, 1.82) is 0 Å². The van der Waals surface area contributed by atoms with Gasteiger partial charge >= 0.3 is 257 Å². The average molecular weight is 563 g/mol. The van der Waals surface area contributed by atoms with E-state index in [0.717, 1.165) is 11.5 Å². The van der Waals surface area contributed by atoms with Gasteiger partial charge in [0.2, 0.25) is 0 Å². The molecule has 0 unspecified atom stereocenters. The van der Waals surface area contributed by atoms with Gasteiger partial charge in [-0.25, -0.2) is 0 Å². The summed E-state index contributed by atoms with van der Waals surface area (Å²) in [5.74, 6) is 1.88. The van der Waals surface area contributed by atoms with Gasteiger partial charge in [-0.3, -0.25) is 0 Å². The van der Waals surface area contributed by atoms with Crippen LogP contribution in [0, 0.1) is 0 Å². The van der Waals surface area contributed by atoms with Crippen molar-refractivity contribution in [2.75, 3.05) is 0 Å². The van der Waals surface area contributed by atoms with E-state index in [-0.39, 0.29) is 32.5 Å². The molecule has 2 aromatic carbocycles. The first-order valence-electron chi connectivity index (χ1n) is 15.0. The molecule has 0 saturated carbocycles. The van der Waals surface area contributed by atoms with E-state index in [1.54, 1.807) is 0 Å². The van der Waals surface area contributed by atoms with Crippen molar-refractivity contribution >= 4 is 16.3 Å². The van der Waals surface area contributed by atoms with Gasteiger partial charge in [-0.05, 0) is 0 Å². The Morgan fingerprint density at radius 2 is 0.600 bits per heavy atom. The van der Waals surface area contributed by atoms with Crippen LogP contribution in [0.4, 0.5) is 0 Å². The van der Waals surface area contributed by atoms with Gasteiger partial charge in [0.1, 0.15) is 0 Å². The van der Waals surface area contributed by atoms with Crippen LogP contribution in [0.25, 0.3) is 0 Å². The third kappa shape index (κ3) is 8.32. The molecule has 40 heavy (non-hydrogen) atoms. The fraction of sp³-hybridized carbons (Fsp3) is 0.676. The van der Waals surface area contributed by atoms with Crippen LogP contribution in [0.15, 0.2) is 24.3 Å². The molecule has 0 bridgehead atoms. The van der Waals surface area contributed by atoms with Crippen LogP contribution in [0.3, 0.4) is 0 Å². The summed E-state index contributed by atoms with van der Waals surface area (Å²) in [6.45, 7) is 41.0. The van der Waals surface area contributed by atoms with Crippen molar-refractivity contribution < 1.29 is 9.47 Å². The predicted molar refractivity (Wildman–Crippen MR) is 176 cm³/mol. The number of ether oxygens (including phenoxy) is 2. The van der Waals surface area contributed by atoms with Gasteiger partial charge in [0, 0.05) is 0 Å². The second-order valence-corrected chi connectivity index (χ2v) is 18.4. The van der Waals surface area contributed by atoms with Crippen LogP contribution in [0.2, 0.25) is 0 Å². The molecule has 0 heterocycles. The first-order chi connectivity index (χ1) is 17.5. The Morgan fingerprint density at radius 3 is 0.750 bits per heavy atom. The van der Waals surface area contributed by atoms with E-state index in [9.17, 15) is 0 Å². The molecule has 2 rings (SSSR count). The molecule has 0 spiro atoms. The summed E-state index contributed by atoms with van der Waals surface area (Å²) in [6, 6.07) is 9.39. The van der Waals surface area contributed by atoms with E-state index >= 15 is 0 Å². The predicted octanol–water partition coefficient (Wildman–Crippen LogP) is 10.4. The third-order valence-corrected chi connectivity index (χ3v) is 7.88. The molecule has 3 heteroatoms. The summed E-state index contributed by atoms with van der Waals surface area (Å²) in [5.41, 5.74) is 7.23. The zero-order chi connectivity index (χ0) is 31.4. The Bertz CT molecular complexity index is 1030. The van der Waals surface area contributed by atoms with E-state index in [2.05, 4.69) is 165 Å². The molecule has 0 aromatic heterocycles. The molecular formula is C37H59AlO2+2. The Hall–Kier alpha value is -1.43. The summed E-state index contributed by atoms with van der Waals surface area (Å²) >= 11 is 2.84. The molecule has 220 valence electrons. The van der Waals surface area contributed by atoms with E-state index in [1.807, 2.05) is 0 Å². The van der Waals surface area contributed by atoms with Gasteiger partial charge < -0.3 is 0 Å². The minimum atomic E-state index is -0.551. The molecule has 0 radical (unpaired) electrons. The number of hydrogen-bond acceptors (Lipinski definition) is 2. The van der Waals surface area contributed by atoms with Crippen LogP contribution in [0.5, 0.6) is 11.5 Å². The van der Waals surface area contributed by atoms with E-state index in [0.29, 0.717) is 0 Å². The van der Waals surface area contributed by atoms with Gasteiger partial charge in [0.25, 0.3) is 0 Å². The van der Waals surface area contributed by atoms with Crippen molar-refractivity contribution in [2.24, 2.45) is 0 Å². The molecule has 0 amide bonds. The second-order valence-electron chi connectivity index (χ2n) is 17.9. The van der Waals surface area contributed by atoms with Crippen LogP contribution in [0.1, 0.15) is 158 Å². The Morgan fingerprint density at radius 1 is 0.400 bits per heavy atom. The van der Waals surface area contributed by atoms with E-state index in [1.165, 1.54) is 33.4 Å². The maximum absolute atomic E-state index is 6.87. The van der Waals surface area contributed by atoms with Gasteiger partial charge in [-0.1, -0.05) is 0 Å². The summed E-state index contributed by atoms with van der Waals surface area (Å²) < 4.78 is 13.7. The first kappa shape index (κ1) is 34.8. The van der Waals surface area contributed by atoms with Crippen molar-refractivity contribution in [3.8, 4) is 11.5 Å². The van der Waals surface area contributed by atoms with Gasteiger partial charge in [0.15, 0.2) is 0 Å². The third-order valence-electron chi connectivity index (χ3n) is 7.61. The van der Waals surface area contributed by atoms with Crippen molar-refractivity contribution in [3.05, 3.63) is 57.6 Å². The quantitative estimate of drug-likeness (QED) is 0.273. The molecule has 0 saturated heterocycles. The molecule has 2 nitrogen and oxygen atoms in total. The van der Waals surface area contributed by atoms with Gasteiger partial charge in [0.05, 0.1) is 0 Å². The van der Waals surface area contributed by atoms with E-state index < -0.39 is 5.15 Å².